The van der Waals surface area contributed by atoms with Gasteiger partial charge in [0.25, 0.3) is 0 Å². The van der Waals surface area contributed by atoms with E-state index in [1.807, 2.05) is 13.1 Å². The molecule has 0 saturated carbocycles. The third kappa shape index (κ3) is 2.28. The van der Waals surface area contributed by atoms with E-state index in [1.165, 1.54) is 5.56 Å². The molecule has 3 heteroatoms. The zero-order valence-electron chi connectivity index (χ0n) is 8.19. The third-order valence-corrected chi connectivity index (χ3v) is 2.49. The van der Waals surface area contributed by atoms with Gasteiger partial charge in [0.1, 0.15) is 7.85 Å². The van der Waals surface area contributed by atoms with Gasteiger partial charge in [-0.25, -0.2) is 0 Å². The second kappa shape index (κ2) is 4.18. The van der Waals surface area contributed by atoms with E-state index in [9.17, 15) is 0 Å². The summed E-state index contributed by atoms with van der Waals surface area (Å²) in [5, 5.41) is 3.13. The number of hydrogen-bond donors (Lipinski definition) is 1. The number of anilines is 1. The van der Waals surface area contributed by atoms with Crippen LogP contribution in [0, 0.1) is 0 Å². The topological polar surface area (TPSA) is 12.0 Å². The summed E-state index contributed by atoms with van der Waals surface area (Å²) in [4.78, 5) is 0. The molecule has 0 spiro atoms. The molecule has 1 aromatic carbocycles. The van der Waals surface area contributed by atoms with E-state index in [2.05, 4.69) is 41.2 Å². The summed E-state index contributed by atoms with van der Waals surface area (Å²) in [5.41, 5.74) is 3.08. The maximum atomic E-state index is 5.88. The van der Waals surface area contributed by atoms with E-state index in [-0.39, 0.29) is 0 Å². The molecule has 0 aromatic heterocycles. The molecule has 0 aliphatic carbocycles. The Labute approximate surface area is 89.5 Å². The van der Waals surface area contributed by atoms with Gasteiger partial charge in [-0.05, 0) is 17.5 Å². The molecule has 0 amide bonds. The minimum atomic E-state index is 0.474. The van der Waals surface area contributed by atoms with E-state index >= 15 is 0 Å². The highest BCUT2D eigenvalue weighted by atomic mass is 79.9. The quantitative estimate of drug-likeness (QED) is 0.780. The second-order valence-corrected chi connectivity index (χ2v) is 4.28. The molecular formula is C10H13BBrN. The van der Waals surface area contributed by atoms with Gasteiger partial charge in [-0.15, -0.1) is 0 Å². The Bertz CT molecular complexity index is 310. The summed E-state index contributed by atoms with van der Waals surface area (Å²) in [6.45, 7) is 4.31. The van der Waals surface area contributed by atoms with Crippen LogP contribution in [-0.2, 0) is 0 Å². The standard InChI is InChI=1S/C10H13BBrN/c1-6(2)8-4-7(12)5-9(11)10(8)13-3/h4-6,13H,1-3H3. The molecular weight excluding hydrogens is 225 g/mol. The smallest absolute Gasteiger partial charge is 0.116 e. The zero-order chi connectivity index (χ0) is 10.0. The van der Waals surface area contributed by atoms with Gasteiger partial charge in [0, 0.05) is 17.2 Å². The minimum Gasteiger partial charge on any atom is -0.388 e. The van der Waals surface area contributed by atoms with Crippen LogP contribution in [-0.4, -0.2) is 14.9 Å². The van der Waals surface area contributed by atoms with Crippen LogP contribution in [0.4, 0.5) is 5.69 Å². The molecule has 0 heterocycles. The van der Waals surface area contributed by atoms with E-state index in [0.29, 0.717) is 5.92 Å². The monoisotopic (exact) mass is 237 g/mol. The molecule has 0 aliphatic rings. The predicted molar refractivity (Wildman–Crippen MR) is 63.2 cm³/mol. The summed E-state index contributed by atoms with van der Waals surface area (Å²) < 4.78 is 1.03. The number of nitrogens with one attached hydrogen (secondary N) is 1. The average molecular weight is 238 g/mol. The first-order chi connectivity index (χ1) is 6.06. The molecule has 1 nitrogen and oxygen atoms in total. The van der Waals surface area contributed by atoms with Gasteiger partial charge in [0.15, 0.2) is 0 Å². The lowest BCUT2D eigenvalue weighted by molar-refractivity contribution is 0.868. The van der Waals surface area contributed by atoms with Crippen LogP contribution in [0.3, 0.4) is 0 Å². The van der Waals surface area contributed by atoms with Gasteiger partial charge in [-0.3, -0.25) is 0 Å². The fourth-order valence-electron chi connectivity index (χ4n) is 1.39. The molecule has 0 unspecified atom stereocenters. The van der Waals surface area contributed by atoms with E-state index in [1.54, 1.807) is 0 Å². The molecule has 68 valence electrons. The molecule has 2 radical (unpaired) electrons. The lowest BCUT2D eigenvalue weighted by Gasteiger charge is -2.16. The molecule has 0 saturated heterocycles. The van der Waals surface area contributed by atoms with Gasteiger partial charge < -0.3 is 5.32 Å². The highest BCUT2D eigenvalue weighted by Crippen LogP contribution is 2.25. The first-order valence-electron chi connectivity index (χ1n) is 4.33. The summed E-state index contributed by atoms with van der Waals surface area (Å²) in [6, 6.07) is 4.02. The highest BCUT2D eigenvalue weighted by Gasteiger charge is 2.08. The SMILES string of the molecule is [B]c1cc(Br)cc(C(C)C)c1NC. The predicted octanol–water partition coefficient (Wildman–Crippen LogP) is 2.41. The van der Waals surface area contributed by atoms with E-state index in [4.69, 9.17) is 7.85 Å². The largest absolute Gasteiger partial charge is 0.388 e. The van der Waals surface area contributed by atoms with Crippen LogP contribution in [0.5, 0.6) is 0 Å². The van der Waals surface area contributed by atoms with Crippen molar-refractivity contribution in [2.24, 2.45) is 0 Å². The van der Waals surface area contributed by atoms with Crippen LogP contribution in [0.25, 0.3) is 0 Å². The molecule has 1 rings (SSSR count). The Morgan fingerprint density at radius 1 is 1.38 bits per heavy atom. The Morgan fingerprint density at radius 2 is 2.00 bits per heavy atom. The van der Waals surface area contributed by atoms with Crippen molar-refractivity contribution in [3.8, 4) is 0 Å². The van der Waals surface area contributed by atoms with Crippen molar-refractivity contribution in [2.45, 2.75) is 19.8 Å². The highest BCUT2D eigenvalue weighted by molar-refractivity contribution is 9.10. The van der Waals surface area contributed by atoms with Crippen molar-refractivity contribution in [3.05, 3.63) is 22.2 Å². The fourth-order valence-corrected chi connectivity index (χ4v) is 1.89. The van der Waals surface area contributed by atoms with Gasteiger partial charge in [0.05, 0.1) is 0 Å². The summed E-state index contributed by atoms with van der Waals surface area (Å²) in [5.74, 6) is 0.474. The lowest BCUT2D eigenvalue weighted by atomic mass is 9.88. The second-order valence-electron chi connectivity index (χ2n) is 3.36. The van der Waals surface area contributed by atoms with Crippen LogP contribution < -0.4 is 10.8 Å². The van der Waals surface area contributed by atoms with Crippen molar-refractivity contribution in [3.63, 3.8) is 0 Å². The molecule has 0 aliphatic heterocycles. The van der Waals surface area contributed by atoms with Gasteiger partial charge >= 0.3 is 0 Å². The third-order valence-electron chi connectivity index (χ3n) is 2.04. The minimum absolute atomic E-state index is 0.474. The van der Waals surface area contributed by atoms with Crippen molar-refractivity contribution >= 4 is 34.9 Å². The molecule has 1 N–H and O–H groups in total. The van der Waals surface area contributed by atoms with Crippen molar-refractivity contribution < 1.29 is 0 Å². The van der Waals surface area contributed by atoms with Gasteiger partial charge in [0.2, 0.25) is 0 Å². The normalized spacial score (nSPS) is 10.5. The van der Waals surface area contributed by atoms with Gasteiger partial charge in [-0.2, -0.15) is 0 Å². The number of rotatable bonds is 2. The molecule has 0 fully saturated rings. The maximum Gasteiger partial charge on any atom is 0.116 e. The Balaban J connectivity index is 3.29. The van der Waals surface area contributed by atoms with Crippen LogP contribution in [0.1, 0.15) is 25.3 Å². The maximum absolute atomic E-state index is 5.88. The summed E-state index contributed by atoms with van der Waals surface area (Å²) in [7, 11) is 7.77. The molecule has 0 atom stereocenters. The van der Waals surface area contributed by atoms with Crippen molar-refractivity contribution in [1.82, 2.24) is 0 Å². The molecule has 1 aromatic rings. The number of halogens is 1. The van der Waals surface area contributed by atoms with Crippen LogP contribution >= 0.6 is 15.9 Å². The molecule has 0 bridgehead atoms. The van der Waals surface area contributed by atoms with Crippen LogP contribution in [0.15, 0.2) is 16.6 Å². The molecule has 13 heavy (non-hydrogen) atoms. The fraction of sp³-hybridized carbons (Fsp3) is 0.400. The Hall–Kier alpha value is -0.435. The zero-order valence-corrected chi connectivity index (χ0v) is 9.77. The Kier molecular flexibility index (Phi) is 3.43. The van der Waals surface area contributed by atoms with Crippen LogP contribution in [0.2, 0.25) is 0 Å². The first kappa shape index (κ1) is 10.6. The van der Waals surface area contributed by atoms with E-state index < -0.39 is 0 Å². The lowest BCUT2D eigenvalue weighted by Crippen LogP contribution is -2.13. The van der Waals surface area contributed by atoms with Crippen molar-refractivity contribution in [2.75, 3.05) is 12.4 Å². The summed E-state index contributed by atoms with van der Waals surface area (Å²) in [6.07, 6.45) is 0. The first-order valence-corrected chi connectivity index (χ1v) is 5.12. The number of benzene rings is 1. The number of hydrogen-bond acceptors (Lipinski definition) is 1. The Morgan fingerprint density at radius 3 is 2.46 bits per heavy atom. The van der Waals surface area contributed by atoms with E-state index in [0.717, 1.165) is 15.6 Å². The average Bonchev–Trinajstić information content (AvgIpc) is 2.02. The summed E-state index contributed by atoms with van der Waals surface area (Å²) >= 11 is 3.44. The van der Waals surface area contributed by atoms with Gasteiger partial charge in [-0.1, -0.05) is 41.3 Å². The van der Waals surface area contributed by atoms with Crippen molar-refractivity contribution in [1.29, 1.82) is 0 Å².